The summed E-state index contributed by atoms with van der Waals surface area (Å²) in [4.78, 5) is 34.1. The monoisotopic (exact) mass is 608 g/mol. The number of rotatable bonds is 2. The predicted octanol–water partition coefficient (Wildman–Crippen LogP) is 5.52. The molecule has 0 saturated heterocycles. The van der Waals surface area contributed by atoms with Crippen molar-refractivity contribution in [3.05, 3.63) is 135 Å². The molecule has 4 aromatic rings. The third-order valence-corrected chi connectivity index (χ3v) is 9.69. The number of nitrogens with zero attached hydrogens (tertiary/aromatic N) is 4. The molecule has 2 aromatic carbocycles. The topological polar surface area (TPSA) is 109 Å². The molecule has 0 saturated carbocycles. The first-order valence-corrected chi connectivity index (χ1v) is 14.5. The Hall–Kier alpha value is -6.04. The van der Waals surface area contributed by atoms with Crippen LogP contribution in [-0.4, -0.2) is 25.8 Å². The number of nitriles is 2. The molecule has 0 fully saturated rings. The van der Waals surface area contributed by atoms with Crippen molar-refractivity contribution in [3.63, 3.8) is 0 Å². The number of ketones is 2. The zero-order chi connectivity index (χ0) is 31.1. The van der Waals surface area contributed by atoms with Gasteiger partial charge in [-0.3, -0.25) is 9.59 Å². The molecule has 0 radical (unpaired) electrons. The van der Waals surface area contributed by atoms with Crippen molar-refractivity contribution in [2.24, 2.45) is 0 Å². The van der Waals surface area contributed by atoms with Gasteiger partial charge in [0.2, 0.25) is 0 Å². The highest BCUT2D eigenvalue weighted by Crippen LogP contribution is 2.42. The third-order valence-electron chi connectivity index (χ3n) is 7.29. The zero-order valence-corrected chi connectivity index (χ0v) is 24.6. The Morgan fingerprint density at radius 1 is 0.636 bits per heavy atom. The lowest BCUT2D eigenvalue weighted by Crippen LogP contribution is -2.06. The van der Waals surface area contributed by atoms with Crippen molar-refractivity contribution in [2.75, 3.05) is 14.2 Å². The fourth-order valence-corrected chi connectivity index (χ4v) is 7.52. The van der Waals surface area contributed by atoms with E-state index < -0.39 is 0 Å². The normalized spacial score (nSPS) is 18.8. The second-order valence-corrected chi connectivity index (χ2v) is 11.6. The summed E-state index contributed by atoms with van der Waals surface area (Å²) >= 11 is 2.65. The van der Waals surface area contributed by atoms with Crippen LogP contribution in [0.2, 0.25) is 0 Å². The SMILES string of the molecule is [C-]#[N+]/C(C#N)=C1\C(=c2\cc/c(=c3/cc/c(=C4\C(=O)c5cc(OC)ccc5\C4=C(\C#N)[N+]#[C-])s3)s2)C(=O)c2cc(OC)ccc21. The second-order valence-electron chi connectivity index (χ2n) is 9.45. The number of hydrogen-bond donors (Lipinski definition) is 0. The molecule has 208 valence electrons. The van der Waals surface area contributed by atoms with Crippen LogP contribution in [-0.2, 0) is 0 Å². The summed E-state index contributed by atoms with van der Waals surface area (Å²) in [5, 5.41) is 19.4. The minimum Gasteiger partial charge on any atom is -0.497 e. The van der Waals surface area contributed by atoms with E-state index in [9.17, 15) is 20.1 Å². The molecule has 2 aliphatic carbocycles. The molecule has 2 aliphatic rings. The Morgan fingerprint density at radius 2 is 1.02 bits per heavy atom. The standard InChI is InChI=1S/C34H16N4O4S2/c1-37-23(15-35)29-19-7-5-17(41-3)13-21(19)33(39)31(29)27-11-9-25(43-27)26-10-12-28(44-26)32-30(24(16-36)38-2)20-8-6-18(42-4)14-22(20)34(32)40/h5-14H,3-4H3/b26-25+,29-23-,30-24+,31-27+,32-28+. The molecular weight excluding hydrogens is 593 g/mol. The van der Waals surface area contributed by atoms with Crippen LogP contribution in [0.1, 0.15) is 31.8 Å². The average Bonchev–Trinajstić information content (AvgIpc) is 3.84. The zero-order valence-electron chi connectivity index (χ0n) is 23.0. The van der Waals surface area contributed by atoms with Crippen LogP contribution in [0.4, 0.5) is 0 Å². The van der Waals surface area contributed by atoms with E-state index in [1.54, 1.807) is 48.5 Å². The molecule has 2 aromatic heterocycles. The summed E-state index contributed by atoms with van der Waals surface area (Å²) in [5.74, 6) is 0.373. The van der Waals surface area contributed by atoms with Gasteiger partial charge in [-0.2, -0.15) is 0 Å². The Labute approximate surface area is 258 Å². The van der Waals surface area contributed by atoms with Gasteiger partial charge in [0.1, 0.15) is 11.5 Å². The average molecular weight is 609 g/mol. The van der Waals surface area contributed by atoms with Crippen molar-refractivity contribution >= 4 is 56.5 Å². The number of Topliss-reactive ketones (excluding diaryl/α,β-unsaturated/α-hetero) is 2. The van der Waals surface area contributed by atoms with Gasteiger partial charge in [-0.05, 0) is 59.7 Å². The molecule has 0 atom stereocenters. The van der Waals surface area contributed by atoms with Crippen molar-refractivity contribution in [2.45, 2.75) is 0 Å². The van der Waals surface area contributed by atoms with Crippen molar-refractivity contribution < 1.29 is 19.1 Å². The first kappa shape index (κ1) is 28.1. The minimum absolute atomic E-state index is 0.176. The lowest BCUT2D eigenvalue weighted by atomic mass is 10.0. The lowest BCUT2D eigenvalue weighted by molar-refractivity contribution is 0.105. The maximum Gasteiger partial charge on any atom is 0.270 e. The molecule has 0 amide bonds. The Kier molecular flexibility index (Phi) is 7.01. The summed E-state index contributed by atoms with van der Waals surface area (Å²) < 4.78 is 13.4. The molecule has 44 heavy (non-hydrogen) atoms. The summed E-state index contributed by atoms with van der Waals surface area (Å²) in [6.07, 6.45) is 0. The van der Waals surface area contributed by atoms with Crippen molar-refractivity contribution in [3.8, 4) is 23.6 Å². The highest BCUT2D eigenvalue weighted by Gasteiger charge is 2.35. The number of allylic oxidation sites excluding steroid dienone is 4. The lowest BCUT2D eigenvalue weighted by Gasteiger charge is -2.03. The largest absolute Gasteiger partial charge is 0.497 e. The smallest absolute Gasteiger partial charge is 0.270 e. The number of carbonyl (C=O) groups excluding carboxylic acids is 2. The number of ether oxygens (including phenoxy) is 2. The third kappa shape index (κ3) is 4.23. The highest BCUT2D eigenvalue weighted by molar-refractivity contribution is 7.12. The minimum atomic E-state index is -0.302. The number of carbonyl (C=O) groups is 2. The van der Waals surface area contributed by atoms with Gasteiger partial charge >= 0.3 is 0 Å². The number of fused-ring (bicyclic) bond motifs is 2. The Morgan fingerprint density at radius 3 is 1.36 bits per heavy atom. The number of thiophene rings is 2. The van der Waals surface area contributed by atoms with Crippen molar-refractivity contribution in [1.82, 2.24) is 0 Å². The molecule has 2 heterocycles. The molecule has 8 nitrogen and oxygen atoms in total. The predicted molar refractivity (Wildman–Crippen MR) is 165 cm³/mol. The van der Waals surface area contributed by atoms with Gasteiger partial charge in [-0.25, -0.2) is 20.2 Å². The summed E-state index contributed by atoms with van der Waals surface area (Å²) in [5.41, 5.74) is 2.53. The molecule has 0 unspecified atom stereocenters. The van der Waals surface area contributed by atoms with Crippen LogP contribution in [0.15, 0.2) is 72.1 Å². The number of benzene rings is 2. The molecule has 0 bridgehead atoms. The van der Waals surface area contributed by atoms with Crippen LogP contribution in [0.3, 0.4) is 0 Å². The summed E-state index contributed by atoms with van der Waals surface area (Å²) in [7, 11) is 3.00. The fourth-order valence-electron chi connectivity index (χ4n) is 5.32. The van der Waals surface area contributed by atoms with Crippen LogP contribution < -0.4 is 18.5 Å². The molecular formula is C34H16N4O4S2. The van der Waals surface area contributed by atoms with Gasteiger partial charge in [0.05, 0.1) is 39.5 Å². The fraction of sp³-hybridized carbons (Fsp3) is 0.0588. The van der Waals surface area contributed by atoms with Crippen molar-refractivity contribution in [1.29, 1.82) is 10.5 Å². The maximum absolute atomic E-state index is 13.6. The molecule has 10 heteroatoms. The number of hydrogen-bond acceptors (Lipinski definition) is 8. The first-order valence-electron chi connectivity index (χ1n) is 12.8. The van der Waals surface area contributed by atoms with E-state index in [0.29, 0.717) is 54.0 Å². The van der Waals surface area contributed by atoms with E-state index in [2.05, 4.69) is 9.69 Å². The highest BCUT2D eigenvalue weighted by atomic mass is 32.1. The van der Waals surface area contributed by atoms with E-state index >= 15 is 0 Å². The quantitative estimate of drug-likeness (QED) is 0.219. The van der Waals surface area contributed by atoms with Gasteiger partial charge < -0.3 is 9.47 Å². The number of methoxy groups -OCH3 is 2. The molecule has 0 aliphatic heterocycles. The van der Waals surface area contributed by atoms with Crippen LogP contribution in [0.25, 0.3) is 32.0 Å². The van der Waals surface area contributed by atoms with E-state index in [1.165, 1.54) is 36.9 Å². The maximum atomic E-state index is 13.6. The van der Waals surface area contributed by atoms with Crippen LogP contribution in [0.5, 0.6) is 11.5 Å². The first-order chi connectivity index (χ1) is 21.4. The van der Waals surface area contributed by atoms with Crippen LogP contribution >= 0.6 is 22.7 Å². The van der Waals surface area contributed by atoms with E-state index in [4.69, 9.17) is 22.6 Å². The molecule has 0 N–H and O–H groups in total. The van der Waals surface area contributed by atoms with Crippen LogP contribution in [0, 0.1) is 44.9 Å². The van der Waals surface area contributed by atoms with Gasteiger partial charge in [-0.1, -0.05) is 12.1 Å². The molecule has 6 rings (SSSR count). The summed E-state index contributed by atoms with van der Waals surface area (Å²) in [6, 6.07) is 21.1. The van der Waals surface area contributed by atoms with Gasteiger partial charge in [0.15, 0.2) is 11.6 Å². The second kappa shape index (κ2) is 11.0. The Bertz CT molecular complexity index is 2250. The summed E-state index contributed by atoms with van der Waals surface area (Å²) in [6.45, 7) is 15.1. The molecule has 0 spiro atoms. The van der Waals surface area contributed by atoms with E-state index in [1.807, 2.05) is 24.3 Å². The van der Waals surface area contributed by atoms with Gasteiger partial charge in [-0.15, -0.1) is 22.7 Å². The van der Waals surface area contributed by atoms with Gasteiger partial charge in [0.25, 0.3) is 11.4 Å². The van der Waals surface area contributed by atoms with E-state index in [-0.39, 0.29) is 34.1 Å². The Balaban J connectivity index is 1.62. The van der Waals surface area contributed by atoms with E-state index in [0.717, 1.165) is 9.06 Å². The van der Waals surface area contributed by atoms with Gasteiger partial charge in [0, 0.05) is 51.5 Å².